The van der Waals surface area contributed by atoms with Crippen LogP contribution >= 0.6 is 0 Å². The van der Waals surface area contributed by atoms with Gasteiger partial charge in [-0.1, -0.05) is 19.9 Å². The Morgan fingerprint density at radius 1 is 1.47 bits per heavy atom. The van der Waals surface area contributed by atoms with Crippen molar-refractivity contribution in [1.29, 1.82) is 0 Å². The van der Waals surface area contributed by atoms with E-state index in [0.29, 0.717) is 5.92 Å². The summed E-state index contributed by atoms with van der Waals surface area (Å²) in [5.41, 5.74) is 2.23. The van der Waals surface area contributed by atoms with Crippen molar-refractivity contribution in [3.05, 3.63) is 29.3 Å². The fourth-order valence-corrected chi connectivity index (χ4v) is 1.97. The third-order valence-electron chi connectivity index (χ3n) is 3.29. The number of hydrogen-bond acceptors (Lipinski definition) is 2. The third kappa shape index (κ3) is 1.74. The minimum Gasteiger partial charge on any atom is -0.487 e. The van der Waals surface area contributed by atoms with Gasteiger partial charge in [0.15, 0.2) is 0 Å². The molecule has 2 nitrogen and oxygen atoms in total. The lowest BCUT2D eigenvalue weighted by Gasteiger charge is -2.10. The molecule has 1 N–H and O–H groups in total. The van der Waals surface area contributed by atoms with Crippen LogP contribution in [0.15, 0.2) is 18.2 Å². The van der Waals surface area contributed by atoms with Crippen LogP contribution in [-0.2, 0) is 0 Å². The number of rotatable bonds is 2. The normalized spacial score (nSPS) is 25.9. The van der Waals surface area contributed by atoms with Gasteiger partial charge in [0.2, 0.25) is 0 Å². The summed E-state index contributed by atoms with van der Waals surface area (Å²) < 4.78 is 5.54. The SMILES string of the molecule is CCC(C)c1ccc2c(c1)C(O)C(C)O2. The number of hydrogen-bond donors (Lipinski definition) is 1. The molecule has 0 saturated carbocycles. The first-order valence-corrected chi connectivity index (χ1v) is 5.62. The molecule has 3 unspecified atom stereocenters. The largest absolute Gasteiger partial charge is 0.487 e. The van der Waals surface area contributed by atoms with E-state index in [1.165, 1.54) is 5.56 Å². The van der Waals surface area contributed by atoms with E-state index in [4.69, 9.17) is 4.74 Å². The minimum atomic E-state index is -0.469. The average molecular weight is 206 g/mol. The van der Waals surface area contributed by atoms with Gasteiger partial charge in [-0.25, -0.2) is 0 Å². The van der Waals surface area contributed by atoms with Crippen molar-refractivity contribution in [2.45, 2.75) is 45.3 Å². The number of ether oxygens (including phenoxy) is 1. The van der Waals surface area contributed by atoms with E-state index in [0.717, 1.165) is 17.7 Å². The van der Waals surface area contributed by atoms with Gasteiger partial charge in [0, 0.05) is 5.56 Å². The lowest BCUT2D eigenvalue weighted by Crippen LogP contribution is -2.12. The van der Waals surface area contributed by atoms with E-state index in [2.05, 4.69) is 26.0 Å². The van der Waals surface area contributed by atoms with E-state index in [-0.39, 0.29) is 6.10 Å². The maximum absolute atomic E-state index is 9.90. The molecule has 0 radical (unpaired) electrons. The molecular formula is C13H18O2. The third-order valence-corrected chi connectivity index (χ3v) is 3.29. The fraction of sp³-hybridized carbons (Fsp3) is 0.538. The smallest absolute Gasteiger partial charge is 0.126 e. The number of fused-ring (bicyclic) bond motifs is 1. The van der Waals surface area contributed by atoms with Crippen molar-refractivity contribution in [1.82, 2.24) is 0 Å². The van der Waals surface area contributed by atoms with Crippen LogP contribution in [-0.4, -0.2) is 11.2 Å². The summed E-state index contributed by atoms with van der Waals surface area (Å²) in [5.74, 6) is 1.38. The summed E-state index contributed by atoms with van der Waals surface area (Å²) in [7, 11) is 0. The standard InChI is InChI=1S/C13H18O2/c1-4-8(2)10-5-6-12-11(7-10)13(14)9(3)15-12/h5-9,13-14H,4H2,1-3H3. The second-order valence-electron chi connectivity index (χ2n) is 4.37. The molecule has 0 aliphatic carbocycles. The summed E-state index contributed by atoms with van der Waals surface area (Å²) in [6.45, 7) is 6.27. The molecule has 0 aromatic heterocycles. The van der Waals surface area contributed by atoms with Gasteiger partial charge in [0.05, 0.1) is 0 Å². The van der Waals surface area contributed by atoms with E-state index in [1.54, 1.807) is 0 Å². The topological polar surface area (TPSA) is 29.5 Å². The maximum Gasteiger partial charge on any atom is 0.126 e. The van der Waals surface area contributed by atoms with Gasteiger partial charge in [-0.15, -0.1) is 0 Å². The van der Waals surface area contributed by atoms with Crippen LogP contribution < -0.4 is 4.74 Å². The van der Waals surface area contributed by atoms with Crippen LogP contribution in [0.1, 0.15) is 50.3 Å². The van der Waals surface area contributed by atoms with Crippen molar-refractivity contribution in [3.63, 3.8) is 0 Å². The van der Waals surface area contributed by atoms with Gasteiger partial charge >= 0.3 is 0 Å². The number of benzene rings is 1. The van der Waals surface area contributed by atoms with Gasteiger partial charge in [-0.3, -0.25) is 0 Å². The molecule has 0 saturated heterocycles. The molecule has 1 aromatic carbocycles. The van der Waals surface area contributed by atoms with Gasteiger partial charge in [0.1, 0.15) is 18.0 Å². The highest BCUT2D eigenvalue weighted by atomic mass is 16.5. The zero-order chi connectivity index (χ0) is 11.0. The summed E-state index contributed by atoms with van der Waals surface area (Å²) in [6.07, 6.45) is 0.529. The summed E-state index contributed by atoms with van der Waals surface area (Å²) in [6, 6.07) is 6.15. The molecule has 1 heterocycles. The van der Waals surface area contributed by atoms with Crippen molar-refractivity contribution >= 4 is 0 Å². The summed E-state index contributed by atoms with van der Waals surface area (Å²) in [5, 5.41) is 9.90. The quantitative estimate of drug-likeness (QED) is 0.806. The van der Waals surface area contributed by atoms with Gasteiger partial charge in [-0.2, -0.15) is 0 Å². The molecule has 1 aromatic rings. The second-order valence-corrected chi connectivity index (χ2v) is 4.37. The Morgan fingerprint density at radius 3 is 2.87 bits per heavy atom. The molecular weight excluding hydrogens is 188 g/mol. The molecule has 2 heteroatoms. The van der Waals surface area contributed by atoms with Crippen molar-refractivity contribution in [3.8, 4) is 5.75 Å². The van der Waals surface area contributed by atoms with Crippen LogP contribution in [0.25, 0.3) is 0 Å². The predicted octanol–water partition coefficient (Wildman–Crippen LogP) is 3.01. The van der Waals surface area contributed by atoms with Crippen molar-refractivity contribution in [2.75, 3.05) is 0 Å². The van der Waals surface area contributed by atoms with Crippen LogP contribution in [0.2, 0.25) is 0 Å². The second kappa shape index (κ2) is 3.86. The van der Waals surface area contributed by atoms with E-state index >= 15 is 0 Å². The van der Waals surface area contributed by atoms with Gasteiger partial charge in [-0.05, 0) is 37.0 Å². The molecule has 0 amide bonds. The highest BCUT2D eigenvalue weighted by molar-refractivity contribution is 5.43. The van der Waals surface area contributed by atoms with E-state index < -0.39 is 6.10 Å². The van der Waals surface area contributed by atoms with Crippen LogP contribution in [0.5, 0.6) is 5.75 Å². The first-order valence-electron chi connectivity index (χ1n) is 5.62. The molecule has 2 rings (SSSR count). The summed E-state index contributed by atoms with van der Waals surface area (Å²) in [4.78, 5) is 0. The molecule has 3 atom stereocenters. The maximum atomic E-state index is 9.90. The van der Waals surface area contributed by atoms with Gasteiger partial charge < -0.3 is 9.84 Å². The van der Waals surface area contributed by atoms with E-state index in [9.17, 15) is 5.11 Å². The zero-order valence-electron chi connectivity index (χ0n) is 9.53. The van der Waals surface area contributed by atoms with Crippen LogP contribution in [0.3, 0.4) is 0 Å². The highest BCUT2D eigenvalue weighted by Gasteiger charge is 2.29. The Balaban J connectivity index is 2.35. The zero-order valence-corrected chi connectivity index (χ0v) is 9.53. The van der Waals surface area contributed by atoms with E-state index in [1.807, 2.05) is 13.0 Å². The van der Waals surface area contributed by atoms with Crippen molar-refractivity contribution < 1.29 is 9.84 Å². The Hall–Kier alpha value is -1.02. The van der Waals surface area contributed by atoms with Crippen LogP contribution in [0.4, 0.5) is 0 Å². The first-order chi connectivity index (χ1) is 7.13. The molecule has 1 aliphatic heterocycles. The average Bonchev–Trinajstić information content (AvgIpc) is 2.54. The number of aliphatic hydroxyl groups excluding tert-OH is 1. The monoisotopic (exact) mass is 206 g/mol. The Bertz CT molecular complexity index is 360. The molecule has 15 heavy (non-hydrogen) atoms. The predicted molar refractivity (Wildman–Crippen MR) is 60.2 cm³/mol. The van der Waals surface area contributed by atoms with Gasteiger partial charge in [0.25, 0.3) is 0 Å². The lowest BCUT2D eigenvalue weighted by atomic mass is 9.95. The fourth-order valence-electron chi connectivity index (χ4n) is 1.97. The molecule has 82 valence electrons. The summed E-state index contributed by atoms with van der Waals surface area (Å²) >= 11 is 0. The minimum absolute atomic E-state index is 0.118. The number of aliphatic hydroxyl groups is 1. The highest BCUT2D eigenvalue weighted by Crippen LogP contribution is 2.38. The molecule has 0 fully saturated rings. The Kier molecular flexibility index (Phi) is 2.70. The molecule has 1 aliphatic rings. The molecule has 0 spiro atoms. The first kappa shape index (κ1) is 10.5. The Morgan fingerprint density at radius 2 is 2.20 bits per heavy atom. The van der Waals surface area contributed by atoms with Crippen molar-refractivity contribution in [2.24, 2.45) is 0 Å². The lowest BCUT2D eigenvalue weighted by molar-refractivity contribution is 0.0795. The molecule has 0 bridgehead atoms. The Labute approximate surface area is 90.9 Å². The van der Waals surface area contributed by atoms with Crippen LogP contribution in [0, 0.1) is 0 Å².